The molecule has 2 aromatic rings. The van der Waals surface area contributed by atoms with E-state index < -0.39 is 5.91 Å². The average Bonchev–Trinajstić information content (AvgIpc) is 2.60. The van der Waals surface area contributed by atoms with E-state index in [1.807, 2.05) is 37.3 Å². The van der Waals surface area contributed by atoms with E-state index in [2.05, 4.69) is 15.5 Å². The Bertz CT molecular complexity index is 779. The second kappa shape index (κ2) is 8.33. The molecule has 1 aromatic heterocycles. The summed E-state index contributed by atoms with van der Waals surface area (Å²) in [6, 6.07) is 9.59. The Hall–Kier alpha value is -1.82. The molecular formula is C16H16Cl3N4O+. The summed E-state index contributed by atoms with van der Waals surface area (Å²) in [5, 5.41) is 4.30. The van der Waals surface area contributed by atoms with Crippen LogP contribution in [0.5, 0.6) is 0 Å². The van der Waals surface area contributed by atoms with Crippen LogP contribution in [0, 0.1) is 0 Å². The second-order valence-electron chi connectivity index (χ2n) is 4.97. The molecule has 4 N–H and O–H groups in total. The number of hydrogen-bond donors (Lipinski definition) is 2. The number of carbonyl (C=O) groups excluding carboxylic acids is 1. The Kier molecular flexibility index (Phi) is 6.43. The molecule has 24 heavy (non-hydrogen) atoms. The summed E-state index contributed by atoms with van der Waals surface area (Å²) in [5.41, 5.74) is 9.93. The zero-order valence-corrected chi connectivity index (χ0v) is 15.1. The van der Waals surface area contributed by atoms with E-state index in [0.29, 0.717) is 6.42 Å². The fourth-order valence-electron chi connectivity index (χ4n) is 2.03. The van der Waals surface area contributed by atoms with Gasteiger partial charge in [0.05, 0.1) is 11.4 Å². The van der Waals surface area contributed by atoms with Crippen molar-refractivity contribution in [1.29, 1.82) is 0 Å². The fraction of sp³-hybridized carbons (Fsp3) is 0.188. The van der Waals surface area contributed by atoms with Crippen molar-refractivity contribution in [2.45, 2.75) is 19.8 Å². The summed E-state index contributed by atoms with van der Waals surface area (Å²) in [4.78, 5) is 15.0. The van der Waals surface area contributed by atoms with Gasteiger partial charge in [-0.3, -0.25) is 4.79 Å². The van der Waals surface area contributed by atoms with Gasteiger partial charge in [0, 0.05) is 0 Å². The molecule has 0 aliphatic heterocycles. The topological polar surface area (TPSA) is 81.6 Å². The van der Waals surface area contributed by atoms with Crippen LogP contribution in [0.3, 0.4) is 0 Å². The normalized spacial score (nSPS) is 11.4. The van der Waals surface area contributed by atoms with Crippen LogP contribution >= 0.6 is 34.8 Å². The SMILES string of the molecule is CCC/C(=N/NC(=O)c1[nH+]c(Cl)c(Cl)c(N)c1Cl)c1ccccc1. The Morgan fingerprint density at radius 3 is 2.50 bits per heavy atom. The molecule has 2 rings (SSSR count). The van der Waals surface area contributed by atoms with E-state index in [9.17, 15) is 4.79 Å². The quantitative estimate of drug-likeness (QED) is 0.463. The Labute approximate surface area is 154 Å². The largest absolute Gasteiger partial charge is 0.396 e. The van der Waals surface area contributed by atoms with Crippen LogP contribution in [-0.2, 0) is 0 Å². The number of pyridine rings is 1. The van der Waals surface area contributed by atoms with E-state index in [-0.39, 0.29) is 26.6 Å². The van der Waals surface area contributed by atoms with E-state index >= 15 is 0 Å². The highest BCUT2D eigenvalue weighted by atomic mass is 35.5. The molecule has 0 saturated carbocycles. The van der Waals surface area contributed by atoms with Crippen molar-refractivity contribution in [2.75, 3.05) is 5.73 Å². The van der Waals surface area contributed by atoms with Crippen molar-refractivity contribution < 1.29 is 9.78 Å². The molecule has 0 aliphatic carbocycles. The predicted molar refractivity (Wildman–Crippen MR) is 97.8 cm³/mol. The van der Waals surface area contributed by atoms with Gasteiger partial charge in [-0.05, 0) is 23.6 Å². The summed E-state index contributed by atoms with van der Waals surface area (Å²) < 4.78 is 0. The summed E-state index contributed by atoms with van der Waals surface area (Å²) in [5.74, 6) is -0.560. The zero-order valence-electron chi connectivity index (χ0n) is 12.9. The van der Waals surface area contributed by atoms with E-state index in [0.717, 1.165) is 17.7 Å². The van der Waals surface area contributed by atoms with E-state index in [4.69, 9.17) is 40.5 Å². The summed E-state index contributed by atoms with van der Waals surface area (Å²) in [7, 11) is 0. The lowest BCUT2D eigenvalue weighted by Gasteiger charge is -2.06. The number of anilines is 1. The van der Waals surface area contributed by atoms with Crippen molar-refractivity contribution >= 4 is 52.1 Å². The van der Waals surface area contributed by atoms with Crippen LogP contribution in [-0.4, -0.2) is 11.6 Å². The molecule has 5 nitrogen and oxygen atoms in total. The Morgan fingerprint density at radius 2 is 1.88 bits per heavy atom. The maximum atomic E-state index is 12.3. The molecular weight excluding hydrogens is 371 g/mol. The maximum Gasteiger partial charge on any atom is 0.337 e. The number of halogens is 3. The number of carbonyl (C=O) groups is 1. The van der Waals surface area contributed by atoms with Gasteiger partial charge in [-0.25, -0.2) is 5.43 Å². The van der Waals surface area contributed by atoms with Crippen LogP contribution in [0.15, 0.2) is 35.4 Å². The molecule has 0 spiro atoms. The average molecular weight is 387 g/mol. The third kappa shape index (κ3) is 4.17. The number of nitrogens with two attached hydrogens (primary N) is 1. The second-order valence-corrected chi connectivity index (χ2v) is 6.10. The smallest absolute Gasteiger partial charge is 0.337 e. The molecule has 0 aliphatic rings. The van der Waals surface area contributed by atoms with Crippen LogP contribution in [0.2, 0.25) is 15.2 Å². The highest BCUT2D eigenvalue weighted by molar-refractivity contribution is 6.45. The van der Waals surface area contributed by atoms with Gasteiger partial charge < -0.3 is 5.73 Å². The number of rotatable bonds is 5. The van der Waals surface area contributed by atoms with Gasteiger partial charge in [-0.15, -0.1) is 0 Å². The lowest BCUT2D eigenvalue weighted by Crippen LogP contribution is -2.29. The van der Waals surface area contributed by atoms with Crippen molar-refractivity contribution in [3.05, 3.63) is 56.8 Å². The number of nitrogens with zero attached hydrogens (tertiary/aromatic N) is 1. The third-order valence-electron chi connectivity index (χ3n) is 3.23. The van der Waals surface area contributed by atoms with Gasteiger partial charge in [0.15, 0.2) is 0 Å². The highest BCUT2D eigenvalue weighted by Gasteiger charge is 2.26. The molecule has 0 radical (unpaired) electrons. The molecule has 0 atom stereocenters. The molecule has 0 unspecified atom stereocenters. The number of nitrogens with one attached hydrogen (secondary N) is 2. The lowest BCUT2D eigenvalue weighted by molar-refractivity contribution is -0.379. The number of benzene rings is 1. The van der Waals surface area contributed by atoms with Crippen molar-refractivity contribution in [3.63, 3.8) is 0 Å². The number of hydrazone groups is 1. The number of amides is 1. The summed E-state index contributed by atoms with van der Waals surface area (Å²) >= 11 is 17.8. The number of aromatic amines is 1. The van der Waals surface area contributed by atoms with Gasteiger partial charge in [0.1, 0.15) is 10.0 Å². The van der Waals surface area contributed by atoms with Crippen LogP contribution in [0.25, 0.3) is 0 Å². The minimum absolute atomic E-state index is 0.00349. The van der Waals surface area contributed by atoms with Crippen LogP contribution in [0.4, 0.5) is 5.69 Å². The van der Waals surface area contributed by atoms with Crippen molar-refractivity contribution in [1.82, 2.24) is 5.43 Å². The Balaban J connectivity index is 2.28. The molecule has 0 bridgehead atoms. The number of aromatic nitrogens is 1. The predicted octanol–water partition coefficient (Wildman–Crippen LogP) is 3.98. The van der Waals surface area contributed by atoms with Gasteiger partial charge in [0.25, 0.3) is 10.8 Å². The highest BCUT2D eigenvalue weighted by Crippen LogP contribution is 2.31. The van der Waals surface area contributed by atoms with E-state index in [1.54, 1.807) is 0 Å². The molecule has 126 valence electrons. The minimum Gasteiger partial charge on any atom is -0.396 e. The zero-order chi connectivity index (χ0) is 17.7. The first-order chi connectivity index (χ1) is 11.5. The Morgan fingerprint density at radius 1 is 1.21 bits per heavy atom. The first-order valence-corrected chi connectivity index (χ1v) is 8.36. The van der Waals surface area contributed by atoms with Crippen LogP contribution in [0.1, 0.15) is 35.8 Å². The first-order valence-electron chi connectivity index (χ1n) is 7.23. The lowest BCUT2D eigenvalue weighted by atomic mass is 10.1. The van der Waals surface area contributed by atoms with Crippen molar-refractivity contribution in [2.24, 2.45) is 5.10 Å². The standard InChI is InChI=1S/C16H15Cl3N4O/c1-2-6-10(9-7-4-3-5-8-9)22-23-16(24)14-11(17)13(20)12(18)15(19)21-14/h3-5,7-8H,2,6H2,1H3,(H2,20,21)(H,23,24)/p+1/b22-10-. The molecule has 1 aromatic carbocycles. The molecule has 1 heterocycles. The van der Waals surface area contributed by atoms with Gasteiger partial charge in [0.2, 0.25) is 0 Å². The first kappa shape index (κ1) is 18.5. The molecule has 0 saturated heterocycles. The van der Waals surface area contributed by atoms with Crippen LogP contribution < -0.4 is 16.1 Å². The monoisotopic (exact) mass is 385 g/mol. The van der Waals surface area contributed by atoms with Gasteiger partial charge in [-0.2, -0.15) is 10.1 Å². The van der Waals surface area contributed by atoms with Gasteiger partial charge >= 0.3 is 5.91 Å². The summed E-state index contributed by atoms with van der Waals surface area (Å²) in [6.45, 7) is 2.03. The molecule has 8 heteroatoms. The minimum atomic E-state index is -0.560. The summed E-state index contributed by atoms with van der Waals surface area (Å²) in [6.07, 6.45) is 1.60. The maximum absolute atomic E-state index is 12.3. The molecule has 0 fully saturated rings. The number of hydrogen-bond acceptors (Lipinski definition) is 3. The fourth-order valence-corrected chi connectivity index (χ4v) is 2.65. The number of H-pyrrole nitrogens is 1. The van der Waals surface area contributed by atoms with E-state index in [1.165, 1.54) is 0 Å². The number of nitrogen functional groups attached to an aromatic ring is 1. The third-order valence-corrected chi connectivity index (χ3v) is 4.40. The van der Waals surface area contributed by atoms with Gasteiger partial charge in [-0.1, -0.05) is 66.9 Å². The molecule has 1 amide bonds. The van der Waals surface area contributed by atoms with Crippen molar-refractivity contribution in [3.8, 4) is 0 Å².